The number of fused-ring (bicyclic) bond motifs is 1. The Kier molecular flexibility index (Phi) is 3.31. The van der Waals surface area contributed by atoms with Gasteiger partial charge in [0, 0.05) is 34.8 Å². The fraction of sp³-hybridized carbons (Fsp3) is 0.267. The molecule has 0 amide bonds. The maximum absolute atomic E-state index is 13.2. The summed E-state index contributed by atoms with van der Waals surface area (Å²) in [5, 5.41) is 5.25. The van der Waals surface area contributed by atoms with E-state index in [0.717, 1.165) is 32.8 Å². The number of aryl methyl sites for hydroxylation is 2. The van der Waals surface area contributed by atoms with E-state index >= 15 is 0 Å². The second kappa shape index (κ2) is 5.00. The van der Waals surface area contributed by atoms with E-state index < -0.39 is 0 Å². The zero-order valence-corrected chi connectivity index (χ0v) is 12.2. The molecule has 0 aliphatic rings. The van der Waals surface area contributed by atoms with E-state index in [4.69, 9.17) is 5.73 Å². The molecule has 0 aliphatic heterocycles. The average molecular weight is 289 g/mol. The van der Waals surface area contributed by atoms with Crippen molar-refractivity contribution in [3.8, 4) is 0 Å². The molecule has 3 rings (SSSR count). The maximum Gasteiger partial charge on any atom is 0.123 e. The predicted octanol–water partition coefficient (Wildman–Crippen LogP) is 3.32. The van der Waals surface area contributed by atoms with Crippen LogP contribution in [-0.4, -0.2) is 9.78 Å². The molecular formula is C15H16FN3S. The van der Waals surface area contributed by atoms with Crippen LogP contribution in [0.5, 0.6) is 0 Å². The van der Waals surface area contributed by atoms with E-state index in [1.165, 1.54) is 6.07 Å². The Morgan fingerprint density at radius 3 is 2.85 bits per heavy atom. The van der Waals surface area contributed by atoms with Crippen molar-refractivity contribution in [2.75, 3.05) is 0 Å². The minimum Gasteiger partial charge on any atom is -0.323 e. The van der Waals surface area contributed by atoms with Gasteiger partial charge in [-0.3, -0.25) is 4.68 Å². The molecule has 3 aromatic rings. The molecule has 3 nitrogen and oxygen atoms in total. The number of halogens is 1. The van der Waals surface area contributed by atoms with Gasteiger partial charge in [0.05, 0.1) is 5.69 Å². The van der Waals surface area contributed by atoms with Gasteiger partial charge in [-0.25, -0.2) is 4.39 Å². The Morgan fingerprint density at radius 1 is 1.35 bits per heavy atom. The van der Waals surface area contributed by atoms with Crippen LogP contribution in [0.4, 0.5) is 4.39 Å². The van der Waals surface area contributed by atoms with Crippen LogP contribution in [0.15, 0.2) is 30.3 Å². The summed E-state index contributed by atoms with van der Waals surface area (Å²) in [6.45, 7) is 1.97. The number of rotatable bonds is 3. The van der Waals surface area contributed by atoms with Crippen LogP contribution in [-0.2, 0) is 13.5 Å². The van der Waals surface area contributed by atoms with Gasteiger partial charge in [-0.2, -0.15) is 5.10 Å². The molecular weight excluding hydrogens is 273 g/mol. The van der Waals surface area contributed by atoms with Crippen LogP contribution in [0.3, 0.4) is 0 Å². The van der Waals surface area contributed by atoms with Crippen molar-refractivity contribution in [1.82, 2.24) is 9.78 Å². The lowest BCUT2D eigenvalue weighted by molar-refractivity contribution is 0.630. The highest BCUT2D eigenvalue weighted by molar-refractivity contribution is 7.19. The predicted molar refractivity (Wildman–Crippen MR) is 80.4 cm³/mol. The minimum atomic E-state index is -0.210. The van der Waals surface area contributed by atoms with Crippen LogP contribution >= 0.6 is 11.3 Å². The van der Waals surface area contributed by atoms with E-state index in [1.807, 2.05) is 30.8 Å². The van der Waals surface area contributed by atoms with E-state index in [1.54, 1.807) is 23.5 Å². The third-order valence-corrected chi connectivity index (χ3v) is 4.64. The Balaban J connectivity index is 1.88. The van der Waals surface area contributed by atoms with Crippen molar-refractivity contribution < 1.29 is 4.39 Å². The van der Waals surface area contributed by atoms with Crippen LogP contribution in [0.1, 0.15) is 22.3 Å². The maximum atomic E-state index is 13.2. The normalized spacial score (nSPS) is 13.0. The second-order valence-corrected chi connectivity index (χ2v) is 6.16. The average Bonchev–Trinajstić information content (AvgIpc) is 2.92. The molecule has 2 aromatic heterocycles. The topological polar surface area (TPSA) is 43.8 Å². The molecule has 0 radical (unpaired) electrons. The second-order valence-electron chi connectivity index (χ2n) is 5.04. The largest absolute Gasteiger partial charge is 0.323 e. The standard InChI is InChI=1S/C15H16FN3S/c1-9-5-12(19(2)18-9)8-13(17)15-7-10-6-11(16)3-4-14(10)20-15/h3-7,13H,8,17H2,1-2H3. The lowest BCUT2D eigenvalue weighted by Gasteiger charge is -2.09. The first-order valence-electron chi connectivity index (χ1n) is 6.47. The highest BCUT2D eigenvalue weighted by Crippen LogP contribution is 2.30. The molecule has 0 spiro atoms. The quantitative estimate of drug-likeness (QED) is 0.804. The van der Waals surface area contributed by atoms with Gasteiger partial charge in [-0.15, -0.1) is 11.3 Å². The Bertz CT molecular complexity index is 760. The summed E-state index contributed by atoms with van der Waals surface area (Å²) in [6, 6.07) is 8.78. The van der Waals surface area contributed by atoms with Gasteiger partial charge < -0.3 is 5.73 Å². The third kappa shape index (κ3) is 2.46. The van der Waals surface area contributed by atoms with E-state index in [-0.39, 0.29) is 11.9 Å². The monoisotopic (exact) mass is 289 g/mol. The first-order valence-corrected chi connectivity index (χ1v) is 7.28. The Morgan fingerprint density at radius 2 is 2.15 bits per heavy atom. The highest BCUT2D eigenvalue weighted by Gasteiger charge is 2.13. The number of hydrogen-bond donors (Lipinski definition) is 1. The molecule has 20 heavy (non-hydrogen) atoms. The first kappa shape index (κ1) is 13.3. The Hall–Kier alpha value is -1.72. The van der Waals surface area contributed by atoms with Crippen LogP contribution in [0, 0.1) is 12.7 Å². The van der Waals surface area contributed by atoms with Crippen LogP contribution in [0.2, 0.25) is 0 Å². The van der Waals surface area contributed by atoms with Crippen molar-refractivity contribution >= 4 is 21.4 Å². The summed E-state index contributed by atoms with van der Waals surface area (Å²) in [5.74, 6) is -0.210. The summed E-state index contributed by atoms with van der Waals surface area (Å²) >= 11 is 1.62. The Labute approximate surface area is 120 Å². The zero-order valence-electron chi connectivity index (χ0n) is 11.4. The van der Waals surface area contributed by atoms with Crippen molar-refractivity contribution in [3.63, 3.8) is 0 Å². The lowest BCUT2D eigenvalue weighted by Crippen LogP contribution is -2.14. The summed E-state index contributed by atoms with van der Waals surface area (Å²) in [6.07, 6.45) is 0.729. The van der Waals surface area contributed by atoms with E-state index in [9.17, 15) is 4.39 Å². The molecule has 0 bridgehead atoms. The van der Waals surface area contributed by atoms with Gasteiger partial charge in [-0.05, 0) is 42.6 Å². The van der Waals surface area contributed by atoms with Gasteiger partial charge in [0.2, 0.25) is 0 Å². The molecule has 0 saturated carbocycles. The van der Waals surface area contributed by atoms with Crippen molar-refractivity contribution in [2.24, 2.45) is 12.8 Å². The molecule has 2 N–H and O–H groups in total. The van der Waals surface area contributed by atoms with Crippen LogP contribution in [0.25, 0.3) is 10.1 Å². The lowest BCUT2D eigenvalue weighted by atomic mass is 10.1. The molecule has 1 atom stereocenters. The van der Waals surface area contributed by atoms with Crippen molar-refractivity contribution in [3.05, 3.63) is 52.4 Å². The number of aromatic nitrogens is 2. The zero-order chi connectivity index (χ0) is 14.3. The van der Waals surface area contributed by atoms with Gasteiger partial charge in [0.25, 0.3) is 0 Å². The summed E-state index contributed by atoms with van der Waals surface area (Å²) < 4.78 is 16.1. The molecule has 1 unspecified atom stereocenters. The number of nitrogens with zero attached hydrogens (tertiary/aromatic N) is 2. The molecule has 104 valence electrons. The molecule has 0 aliphatic carbocycles. The first-order chi connectivity index (χ1) is 9.52. The number of benzene rings is 1. The summed E-state index contributed by atoms with van der Waals surface area (Å²) in [7, 11) is 1.93. The molecule has 1 aromatic carbocycles. The van der Waals surface area contributed by atoms with E-state index in [0.29, 0.717) is 0 Å². The molecule has 5 heteroatoms. The summed E-state index contributed by atoms with van der Waals surface area (Å²) in [5.41, 5.74) is 8.39. The van der Waals surface area contributed by atoms with Gasteiger partial charge in [0.1, 0.15) is 5.82 Å². The summed E-state index contributed by atoms with van der Waals surface area (Å²) in [4.78, 5) is 1.07. The van der Waals surface area contributed by atoms with Gasteiger partial charge in [0.15, 0.2) is 0 Å². The smallest absolute Gasteiger partial charge is 0.123 e. The fourth-order valence-electron chi connectivity index (χ4n) is 2.40. The fourth-order valence-corrected chi connectivity index (χ4v) is 3.44. The minimum absolute atomic E-state index is 0.0924. The number of nitrogens with two attached hydrogens (primary N) is 1. The number of hydrogen-bond acceptors (Lipinski definition) is 3. The van der Waals surface area contributed by atoms with Crippen LogP contribution < -0.4 is 5.73 Å². The van der Waals surface area contributed by atoms with Crippen molar-refractivity contribution in [2.45, 2.75) is 19.4 Å². The van der Waals surface area contributed by atoms with Crippen molar-refractivity contribution in [1.29, 1.82) is 0 Å². The molecule has 0 saturated heterocycles. The third-order valence-electron chi connectivity index (χ3n) is 3.39. The van der Waals surface area contributed by atoms with Gasteiger partial charge >= 0.3 is 0 Å². The van der Waals surface area contributed by atoms with Gasteiger partial charge in [-0.1, -0.05) is 0 Å². The highest BCUT2D eigenvalue weighted by atomic mass is 32.1. The van der Waals surface area contributed by atoms with E-state index in [2.05, 4.69) is 5.10 Å². The molecule has 2 heterocycles. The molecule has 0 fully saturated rings. The SMILES string of the molecule is Cc1cc(CC(N)c2cc3cc(F)ccc3s2)n(C)n1. The number of thiophene rings is 1.